The lowest BCUT2D eigenvalue weighted by atomic mass is 10.4. The lowest BCUT2D eigenvalue weighted by Gasteiger charge is -1.97. The monoisotopic (exact) mass is 175 g/mol. The van der Waals surface area contributed by atoms with Crippen molar-refractivity contribution in [2.45, 2.75) is 19.8 Å². The van der Waals surface area contributed by atoms with Gasteiger partial charge in [-0.25, -0.2) is 4.89 Å². The van der Waals surface area contributed by atoms with Crippen LogP contribution in [0.2, 0.25) is 0 Å². The molecule has 0 saturated carbocycles. The number of hydrogen-bond acceptors (Lipinski definition) is 1. The van der Waals surface area contributed by atoms with Gasteiger partial charge in [-0.1, -0.05) is 13.3 Å². The molecule has 0 rings (SSSR count). The molecule has 0 amide bonds. The van der Waals surface area contributed by atoms with Gasteiger partial charge in [-0.2, -0.15) is 0 Å². The Morgan fingerprint density at radius 2 is 2.00 bits per heavy atom. The van der Waals surface area contributed by atoms with Gasteiger partial charge in [0.25, 0.3) is 0 Å². The van der Waals surface area contributed by atoms with Gasteiger partial charge in [0, 0.05) is 0 Å². The van der Waals surface area contributed by atoms with Gasteiger partial charge in [0.1, 0.15) is 28.6 Å². The molecule has 0 heterocycles. The Morgan fingerprint density at radius 3 is 2.12 bits per heavy atom. The molecule has 0 spiro atoms. The molecule has 4 heteroatoms. The molecule has 8 heavy (non-hydrogen) atoms. The van der Waals surface area contributed by atoms with E-state index in [0.29, 0.717) is 6.16 Å². The summed E-state index contributed by atoms with van der Waals surface area (Å²) in [7, 11) is 0. The molecule has 0 aliphatic carbocycles. The maximum absolute atomic E-state index is 8.79. The predicted molar refractivity (Wildman–Crippen MR) is 40.6 cm³/mol. The maximum atomic E-state index is 8.79. The molecule has 0 unspecified atom stereocenters. The molecule has 0 aliphatic rings. The van der Waals surface area contributed by atoms with Crippen LogP contribution in [0, 0.1) is 0 Å². The summed E-state index contributed by atoms with van der Waals surface area (Å²) in [6, 6.07) is 0. The van der Waals surface area contributed by atoms with Crippen LogP contribution >= 0.6 is 28.7 Å². The van der Waals surface area contributed by atoms with E-state index in [9.17, 15) is 0 Å². The number of unbranched alkanes of at least 4 members (excludes halogenated alkanes) is 1. The third-order valence-corrected chi connectivity index (χ3v) is 2.65. The van der Waals surface area contributed by atoms with E-state index in [1.807, 2.05) is 6.92 Å². The van der Waals surface area contributed by atoms with Crippen LogP contribution < -0.4 is 0 Å². The topological polar surface area (TPSA) is 20.2 Å². The average Bonchev–Trinajstić information content (AvgIpc) is 1.59. The zero-order valence-electron chi connectivity index (χ0n) is 4.77. The molecule has 0 aliphatic heterocycles. The van der Waals surface area contributed by atoms with E-state index in [0.717, 1.165) is 12.8 Å². The van der Waals surface area contributed by atoms with Gasteiger partial charge < -0.3 is 0 Å². The Bertz CT molecular complexity index is 61.5. The first-order chi connectivity index (χ1) is 3.56. The maximum Gasteiger partial charge on any atom is 0.335 e. The van der Waals surface area contributed by atoms with E-state index in [-0.39, 0.29) is 0 Å². The fraction of sp³-hybridized carbons (Fsp3) is 1.00. The molecule has 0 aromatic rings. The van der Waals surface area contributed by atoms with E-state index < -0.39 is 6.19 Å². The minimum Gasteiger partial charge on any atom is -0.215 e. The number of hydrogen-bond donors (Lipinski definition) is 1. The first-order valence-electron chi connectivity index (χ1n) is 2.56. The summed E-state index contributed by atoms with van der Waals surface area (Å²) in [6.45, 7) is 2.03. The predicted octanol–water partition coefficient (Wildman–Crippen LogP) is 3.02. The van der Waals surface area contributed by atoms with E-state index in [1.165, 1.54) is 0 Å². The van der Waals surface area contributed by atoms with Crippen molar-refractivity contribution >= 4 is 28.7 Å². The lowest BCUT2D eigenvalue weighted by Crippen LogP contribution is -1.81. The van der Waals surface area contributed by atoms with Crippen LogP contribution in [0.25, 0.3) is 0 Å². The fourth-order valence-corrected chi connectivity index (χ4v) is 1.76. The van der Waals surface area contributed by atoms with Crippen molar-refractivity contribution in [2.75, 3.05) is 6.16 Å². The quantitative estimate of drug-likeness (QED) is 0.655. The highest BCUT2D eigenvalue weighted by Gasteiger charge is 2.29. The first kappa shape index (κ1) is 8.97. The molecule has 0 saturated heterocycles. The average molecular weight is 176 g/mol. The molecule has 0 bridgehead atoms. The summed E-state index contributed by atoms with van der Waals surface area (Å²) < 4.78 is 0. The molecular weight excluding hydrogens is 166 g/mol. The van der Waals surface area contributed by atoms with Crippen molar-refractivity contribution in [3.8, 4) is 0 Å². The van der Waals surface area contributed by atoms with Crippen LogP contribution in [0.5, 0.6) is 0 Å². The second-order valence-electron chi connectivity index (χ2n) is 1.67. The van der Waals surface area contributed by atoms with Gasteiger partial charge in [0.05, 0.1) is 0 Å². The highest BCUT2D eigenvalue weighted by atomic mass is 35.9. The van der Waals surface area contributed by atoms with Gasteiger partial charge >= 0.3 is 6.19 Å². The summed E-state index contributed by atoms with van der Waals surface area (Å²) >= 11 is 10.7. The van der Waals surface area contributed by atoms with Crippen molar-refractivity contribution in [2.24, 2.45) is 0 Å². The fourth-order valence-electron chi connectivity index (χ4n) is 0.348. The first-order valence-corrected chi connectivity index (χ1v) is 6.30. The Labute approximate surface area is 60.0 Å². The van der Waals surface area contributed by atoms with Gasteiger partial charge in [-0.05, 0) is 6.42 Å². The largest absolute Gasteiger partial charge is 0.335 e. The second kappa shape index (κ2) is 3.90. The smallest absolute Gasteiger partial charge is 0.215 e. The summed E-state index contributed by atoms with van der Waals surface area (Å²) in [6.07, 6.45) is 0.0178. The Hall–Kier alpha value is 0.970. The van der Waals surface area contributed by atoms with Gasteiger partial charge in [0.15, 0.2) is 0 Å². The van der Waals surface area contributed by atoms with Crippen molar-refractivity contribution in [3.05, 3.63) is 0 Å². The Morgan fingerprint density at radius 1 is 1.50 bits per heavy atom. The van der Waals surface area contributed by atoms with Crippen LogP contribution in [0.15, 0.2) is 0 Å². The summed E-state index contributed by atoms with van der Waals surface area (Å²) in [5.74, 6) is 0. The number of rotatable bonds is 3. The summed E-state index contributed by atoms with van der Waals surface area (Å²) in [5.41, 5.74) is 0. The molecule has 0 aromatic carbocycles. The normalized spacial score (nSPS) is 12.0. The van der Waals surface area contributed by atoms with Crippen LogP contribution in [-0.2, 0) is 0 Å². The van der Waals surface area contributed by atoms with E-state index in [1.54, 1.807) is 0 Å². The highest BCUT2D eigenvalue weighted by Crippen LogP contribution is 2.65. The SMILES string of the molecule is CCCC[P+](O)(Cl)Cl. The summed E-state index contributed by atoms with van der Waals surface area (Å²) in [4.78, 5) is 8.79. The summed E-state index contributed by atoms with van der Waals surface area (Å²) in [5, 5.41) is 0. The molecule has 0 radical (unpaired) electrons. The molecular formula is C4H10Cl2OP+. The minimum absolute atomic E-state index is 0.562. The van der Waals surface area contributed by atoms with Crippen LogP contribution in [0.3, 0.4) is 0 Å². The number of halogens is 2. The van der Waals surface area contributed by atoms with E-state index >= 15 is 0 Å². The molecule has 0 aromatic heterocycles. The van der Waals surface area contributed by atoms with Crippen LogP contribution in [0.4, 0.5) is 0 Å². The Balaban J connectivity index is 3.11. The molecule has 50 valence electrons. The molecule has 0 fully saturated rings. The Kier molecular flexibility index (Phi) is 4.37. The molecule has 1 N–H and O–H groups in total. The molecule has 1 nitrogen and oxygen atoms in total. The van der Waals surface area contributed by atoms with Crippen molar-refractivity contribution < 1.29 is 4.89 Å². The van der Waals surface area contributed by atoms with E-state index in [2.05, 4.69) is 0 Å². The van der Waals surface area contributed by atoms with Crippen molar-refractivity contribution in [1.29, 1.82) is 0 Å². The third-order valence-electron chi connectivity index (χ3n) is 0.781. The van der Waals surface area contributed by atoms with Crippen LogP contribution in [-0.4, -0.2) is 11.1 Å². The lowest BCUT2D eigenvalue weighted by molar-refractivity contribution is 0.628. The standard InChI is InChI=1S/C4H10Cl2OP/c1-2-3-4-8(5,6)7/h7H,2-4H2,1H3/q+1. The molecule has 0 atom stereocenters. The van der Waals surface area contributed by atoms with Gasteiger partial charge in [0.2, 0.25) is 0 Å². The van der Waals surface area contributed by atoms with Gasteiger partial charge in [-0.3, -0.25) is 0 Å². The van der Waals surface area contributed by atoms with Crippen molar-refractivity contribution in [1.82, 2.24) is 0 Å². The zero-order chi connectivity index (χ0) is 6.62. The minimum atomic E-state index is -2.49. The third kappa shape index (κ3) is 6.97. The highest BCUT2D eigenvalue weighted by molar-refractivity contribution is 8.13. The van der Waals surface area contributed by atoms with Gasteiger partial charge in [-0.15, -0.1) is 0 Å². The second-order valence-corrected chi connectivity index (χ2v) is 7.19. The van der Waals surface area contributed by atoms with Crippen molar-refractivity contribution in [3.63, 3.8) is 0 Å². The van der Waals surface area contributed by atoms with Crippen LogP contribution in [0.1, 0.15) is 19.8 Å². The zero-order valence-corrected chi connectivity index (χ0v) is 7.18. The van der Waals surface area contributed by atoms with E-state index in [4.69, 9.17) is 27.4 Å².